The van der Waals surface area contributed by atoms with Crippen molar-refractivity contribution in [3.63, 3.8) is 0 Å². The molecule has 0 saturated heterocycles. The molecule has 0 radical (unpaired) electrons. The molecule has 1 unspecified atom stereocenters. The minimum Gasteiger partial charge on any atom is -0.369 e. The fraction of sp³-hybridized carbons (Fsp3) is 0.0769. The Kier molecular flexibility index (Phi) is 2.68. The number of primary amides is 1. The number of carbonyl (C=O) groups excluding carboxylic acids is 1. The van der Waals surface area contributed by atoms with Gasteiger partial charge >= 0.3 is 0 Å². The van der Waals surface area contributed by atoms with Crippen LogP contribution in [0.15, 0.2) is 43.0 Å². The molecule has 6 heteroatoms. The largest absolute Gasteiger partial charge is 0.369 e. The molecule has 1 atom stereocenters. The number of H-pyrrole nitrogens is 1. The molecular weight excluding hydrogens is 242 g/mol. The smallest absolute Gasteiger partial charge is 0.231 e. The molecule has 19 heavy (non-hydrogen) atoms. The number of aromatic nitrogens is 4. The van der Waals surface area contributed by atoms with Crippen molar-refractivity contribution in [1.29, 1.82) is 0 Å². The lowest BCUT2D eigenvalue weighted by Gasteiger charge is -2.12. The monoisotopic (exact) mass is 253 g/mol. The van der Waals surface area contributed by atoms with Crippen molar-refractivity contribution in [1.82, 2.24) is 20.2 Å². The van der Waals surface area contributed by atoms with Gasteiger partial charge in [0, 0.05) is 17.8 Å². The number of hydrogen-bond acceptors (Lipinski definition) is 4. The summed E-state index contributed by atoms with van der Waals surface area (Å²) in [5.74, 6) is -1.06. The molecule has 0 spiro atoms. The third-order valence-corrected chi connectivity index (χ3v) is 2.94. The predicted molar refractivity (Wildman–Crippen MR) is 69.2 cm³/mol. The van der Waals surface area contributed by atoms with Crippen LogP contribution in [0, 0.1) is 0 Å². The summed E-state index contributed by atoms with van der Waals surface area (Å²) in [5.41, 5.74) is 7.63. The number of nitrogens with zero attached hydrogens (tertiary/aromatic N) is 3. The molecule has 0 fully saturated rings. The molecule has 0 aliphatic heterocycles. The average molecular weight is 253 g/mol. The number of amides is 1. The molecule has 1 amide bonds. The van der Waals surface area contributed by atoms with Crippen molar-refractivity contribution in [3.8, 4) is 0 Å². The highest BCUT2D eigenvalue weighted by atomic mass is 16.1. The summed E-state index contributed by atoms with van der Waals surface area (Å²) < 4.78 is 0. The van der Waals surface area contributed by atoms with E-state index in [1.54, 1.807) is 36.9 Å². The first-order chi connectivity index (χ1) is 9.25. The minimum absolute atomic E-state index is 0.455. The highest BCUT2D eigenvalue weighted by molar-refractivity contribution is 5.86. The predicted octanol–water partition coefficient (Wildman–Crippen LogP) is 0.970. The van der Waals surface area contributed by atoms with Crippen LogP contribution in [0.4, 0.5) is 0 Å². The van der Waals surface area contributed by atoms with Gasteiger partial charge in [-0.05, 0) is 17.7 Å². The van der Waals surface area contributed by atoms with Crippen molar-refractivity contribution >= 4 is 16.8 Å². The summed E-state index contributed by atoms with van der Waals surface area (Å²) >= 11 is 0. The van der Waals surface area contributed by atoms with Gasteiger partial charge < -0.3 is 5.73 Å². The Balaban J connectivity index is 2.12. The second-order valence-corrected chi connectivity index (χ2v) is 4.19. The summed E-state index contributed by atoms with van der Waals surface area (Å²) in [6.45, 7) is 0. The zero-order valence-electron chi connectivity index (χ0n) is 9.95. The standard InChI is InChI=1S/C13H11N5O/c14-13(19)12(8-2-1-3-15-5-8)10-4-9-6-17-18-11(9)7-16-10/h1-7,12H,(H2,14,19)(H,17,18). The molecule has 3 rings (SSSR count). The van der Waals surface area contributed by atoms with Crippen molar-refractivity contribution in [2.24, 2.45) is 5.73 Å². The third kappa shape index (κ3) is 2.03. The summed E-state index contributed by atoms with van der Waals surface area (Å²) in [6.07, 6.45) is 6.59. The number of rotatable bonds is 3. The molecule has 3 heterocycles. The number of pyridine rings is 2. The lowest BCUT2D eigenvalue weighted by molar-refractivity contribution is -0.118. The number of nitrogens with two attached hydrogens (primary N) is 1. The van der Waals surface area contributed by atoms with E-state index in [9.17, 15) is 4.79 Å². The van der Waals surface area contributed by atoms with Crippen LogP contribution >= 0.6 is 0 Å². The third-order valence-electron chi connectivity index (χ3n) is 2.94. The summed E-state index contributed by atoms with van der Waals surface area (Å²) in [4.78, 5) is 20.0. The zero-order valence-corrected chi connectivity index (χ0v) is 9.95. The number of nitrogens with one attached hydrogen (secondary N) is 1. The van der Waals surface area contributed by atoms with Crippen LogP contribution in [0.1, 0.15) is 17.2 Å². The van der Waals surface area contributed by atoms with Gasteiger partial charge in [0.2, 0.25) is 5.91 Å². The molecule has 0 aromatic carbocycles. The Morgan fingerprint density at radius 3 is 2.95 bits per heavy atom. The summed E-state index contributed by atoms with van der Waals surface area (Å²) in [5, 5.41) is 7.63. The van der Waals surface area contributed by atoms with E-state index >= 15 is 0 Å². The van der Waals surface area contributed by atoms with Gasteiger partial charge in [0.1, 0.15) is 5.92 Å². The first-order valence-corrected chi connectivity index (χ1v) is 5.74. The Hall–Kier alpha value is -2.76. The maximum atomic E-state index is 11.7. The van der Waals surface area contributed by atoms with Gasteiger partial charge in [-0.25, -0.2) is 0 Å². The zero-order chi connectivity index (χ0) is 13.2. The van der Waals surface area contributed by atoms with Crippen LogP contribution < -0.4 is 5.73 Å². The molecule has 3 aromatic heterocycles. The maximum Gasteiger partial charge on any atom is 0.231 e. The maximum absolute atomic E-state index is 11.7. The number of carbonyl (C=O) groups is 1. The van der Waals surface area contributed by atoms with Gasteiger partial charge in [-0.15, -0.1) is 0 Å². The molecule has 0 saturated carbocycles. The van der Waals surface area contributed by atoms with Crippen molar-refractivity contribution in [3.05, 3.63) is 54.2 Å². The second kappa shape index (κ2) is 4.49. The minimum atomic E-state index is -0.604. The van der Waals surface area contributed by atoms with E-state index in [1.165, 1.54) is 0 Å². The number of aromatic amines is 1. The van der Waals surface area contributed by atoms with Crippen LogP contribution in [-0.2, 0) is 4.79 Å². The van der Waals surface area contributed by atoms with Gasteiger partial charge in [-0.3, -0.25) is 19.9 Å². The van der Waals surface area contributed by atoms with Crippen molar-refractivity contribution in [2.75, 3.05) is 0 Å². The second-order valence-electron chi connectivity index (χ2n) is 4.19. The van der Waals surface area contributed by atoms with Crippen LogP contribution in [-0.4, -0.2) is 26.1 Å². The van der Waals surface area contributed by atoms with Gasteiger partial charge in [0.25, 0.3) is 0 Å². The van der Waals surface area contributed by atoms with Crippen LogP contribution in [0.3, 0.4) is 0 Å². The lowest BCUT2D eigenvalue weighted by Crippen LogP contribution is -2.23. The molecular formula is C13H11N5O. The van der Waals surface area contributed by atoms with E-state index in [0.29, 0.717) is 5.69 Å². The molecule has 3 N–H and O–H groups in total. The van der Waals surface area contributed by atoms with E-state index in [1.807, 2.05) is 6.07 Å². The van der Waals surface area contributed by atoms with E-state index in [0.717, 1.165) is 16.5 Å². The highest BCUT2D eigenvalue weighted by Gasteiger charge is 2.22. The molecule has 6 nitrogen and oxygen atoms in total. The number of fused-ring (bicyclic) bond motifs is 1. The molecule has 0 aliphatic carbocycles. The molecule has 0 aliphatic rings. The Bertz CT molecular complexity index is 722. The molecule has 3 aromatic rings. The van der Waals surface area contributed by atoms with Crippen molar-refractivity contribution < 1.29 is 4.79 Å². The fourth-order valence-electron chi connectivity index (χ4n) is 2.04. The fourth-order valence-corrected chi connectivity index (χ4v) is 2.04. The quantitative estimate of drug-likeness (QED) is 0.726. The van der Waals surface area contributed by atoms with Crippen molar-refractivity contribution in [2.45, 2.75) is 5.92 Å². The highest BCUT2D eigenvalue weighted by Crippen LogP contribution is 2.24. The van der Waals surface area contributed by atoms with Crippen LogP contribution in [0.5, 0.6) is 0 Å². The van der Waals surface area contributed by atoms with Gasteiger partial charge in [0.05, 0.1) is 23.6 Å². The number of hydrogen-bond donors (Lipinski definition) is 2. The Morgan fingerprint density at radius 1 is 1.32 bits per heavy atom. The van der Waals surface area contributed by atoms with Crippen LogP contribution in [0.25, 0.3) is 10.9 Å². The van der Waals surface area contributed by atoms with E-state index < -0.39 is 11.8 Å². The SMILES string of the molecule is NC(=O)C(c1cccnc1)c1cc2cn[nH]c2cn1. The van der Waals surface area contributed by atoms with Gasteiger partial charge in [-0.1, -0.05) is 6.07 Å². The van der Waals surface area contributed by atoms with Gasteiger partial charge in [0.15, 0.2) is 0 Å². The lowest BCUT2D eigenvalue weighted by atomic mass is 9.95. The molecule has 0 bridgehead atoms. The molecule has 94 valence electrons. The van der Waals surface area contributed by atoms with Gasteiger partial charge in [-0.2, -0.15) is 5.10 Å². The Labute approximate surface area is 108 Å². The van der Waals surface area contributed by atoms with E-state index in [4.69, 9.17) is 5.73 Å². The van der Waals surface area contributed by atoms with Crippen LogP contribution in [0.2, 0.25) is 0 Å². The normalized spacial score (nSPS) is 12.4. The Morgan fingerprint density at radius 2 is 2.21 bits per heavy atom. The topological polar surface area (TPSA) is 97.5 Å². The summed E-state index contributed by atoms with van der Waals surface area (Å²) in [6, 6.07) is 5.38. The van der Waals surface area contributed by atoms with E-state index in [2.05, 4.69) is 20.2 Å². The average Bonchev–Trinajstić information content (AvgIpc) is 2.87. The van der Waals surface area contributed by atoms with E-state index in [-0.39, 0.29) is 0 Å². The first kappa shape index (κ1) is 11.3. The summed E-state index contributed by atoms with van der Waals surface area (Å²) in [7, 11) is 0. The first-order valence-electron chi connectivity index (χ1n) is 5.74.